The Morgan fingerprint density at radius 1 is 1.18 bits per heavy atom. The van der Waals surface area contributed by atoms with Crippen LogP contribution < -0.4 is 10.4 Å². The Labute approximate surface area is 185 Å². The van der Waals surface area contributed by atoms with Crippen molar-refractivity contribution in [2.45, 2.75) is 12.5 Å². The van der Waals surface area contributed by atoms with Crippen LogP contribution in [0.2, 0.25) is 0 Å². The zero-order valence-electron chi connectivity index (χ0n) is 17.4. The quantitative estimate of drug-likeness (QED) is 0.417. The molecule has 2 aromatic carbocycles. The lowest BCUT2D eigenvalue weighted by Crippen LogP contribution is -2.30. The molecule has 10 heteroatoms. The van der Waals surface area contributed by atoms with Crippen LogP contribution in [0.5, 0.6) is 5.75 Å². The van der Waals surface area contributed by atoms with Crippen LogP contribution in [-0.4, -0.2) is 35.3 Å². The molecule has 1 aliphatic heterocycles. The first-order chi connectivity index (χ1) is 16.0. The second kappa shape index (κ2) is 7.00. The van der Waals surface area contributed by atoms with Crippen LogP contribution in [0.1, 0.15) is 23.6 Å². The van der Waals surface area contributed by atoms with Crippen LogP contribution in [0, 0.1) is 17.1 Å². The molecule has 1 atom stereocenters. The van der Waals surface area contributed by atoms with E-state index in [0.29, 0.717) is 58.0 Å². The standard InChI is InChI=1S/C23H16FN7O2/c1-29-19-11-26-22(30-12-27-16-4-2-13(10-25)8-18(16)30)28-21(19)31(23(29)32)17-6-7-33-20-5-3-14(24)9-15(17)20/h2-5,8-9,11-12,17H,6-7H2,1H3. The van der Waals surface area contributed by atoms with Crippen molar-refractivity contribution in [2.75, 3.05) is 6.61 Å². The van der Waals surface area contributed by atoms with Crippen molar-refractivity contribution in [3.63, 3.8) is 0 Å². The summed E-state index contributed by atoms with van der Waals surface area (Å²) in [5, 5.41) is 9.26. The van der Waals surface area contributed by atoms with Gasteiger partial charge in [0.15, 0.2) is 5.65 Å². The molecule has 0 saturated heterocycles. The van der Waals surface area contributed by atoms with Gasteiger partial charge in [0, 0.05) is 19.0 Å². The molecular formula is C23H16FN7O2. The van der Waals surface area contributed by atoms with E-state index in [-0.39, 0.29) is 5.69 Å². The highest BCUT2D eigenvalue weighted by molar-refractivity contribution is 5.79. The molecule has 33 heavy (non-hydrogen) atoms. The largest absolute Gasteiger partial charge is 0.493 e. The van der Waals surface area contributed by atoms with Crippen molar-refractivity contribution >= 4 is 22.2 Å². The van der Waals surface area contributed by atoms with Crippen molar-refractivity contribution in [1.29, 1.82) is 5.26 Å². The predicted molar refractivity (Wildman–Crippen MR) is 117 cm³/mol. The second-order valence-corrected chi connectivity index (χ2v) is 7.86. The molecule has 5 aromatic rings. The molecule has 0 radical (unpaired) electrons. The number of nitrogens with zero attached hydrogens (tertiary/aromatic N) is 7. The highest BCUT2D eigenvalue weighted by atomic mass is 19.1. The predicted octanol–water partition coefficient (Wildman–Crippen LogP) is 2.85. The number of rotatable bonds is 2. The molecule has 6 rings (SSSR count). The molecule has 0 fully saturated rings. The minimum Gasteiger partial charge on any atom is -0.493 e. The van der Waals surface area contributed by atoms with E-state index in [1.165, 1.54) is 16.7 Å². The van der Waals surface area contributed by atoms with Gasteiger partial charge in [-0.05, 0) is 36.4 Å². The fourth-order valence-electron chi connectivity index (χ4n) is 4.38. The number of imidazole rings is 2. The maximum atomic E-state index is 14.1. The fraction of sp³-hybridized carbons (Fsp3) is 0.174. The second-order valence-electron chi connectivity index (χ2n) is 7.86. The minimum atomic E-state index is -0.437. The number of aromatic nitrogens is 6. The van der Waals surface area contributed by atoms with Crippen molar-refractivity contribution in [1.82, 2.24) is 28.7 Å². The number of aryl methyl sites for hydroxylation is 1. The van der Waals surface area contributed by atoms with Gasteiger partial charge in [0.25, 0.3) is 0 Å². The maximum absolute atomic E-state index is 14.1. The number of benzene rings is 2. The fourth-order valence-corrected chi connectivity index (χ4v) is 4.38. The Bertz CT molecular complexity index is 1670. The molecule has 0 bridgehead atoms. The number of fused-ring (bicyclic) bond motifs is 3. The molecule has 9 nitrogen and oxygen atoms in total. The summed E-state index contributed by atoms with van der Waals surface area (Å²) < 4.78 is 24.5. The summed E-state index contributed by atoms with van der Waals surface area (Å²) in [6, 6.07) is 11.2. The zero-order chi connectivity index (χ0) is 22.7. The van der Waals surface area contributed by atoms with E-state index < -0.39 is 11.9 Å². The first-order valence-corrected chi connectivity index (χ1v) is 10.3. The van der Waals surface area contributed by atoms with Crippen molar-refractivity contribution < 1.29 is 9.13 Å². The molecule has 0 amide bonds. The lowest BCUT2D eigenvalue weighted by Gasteiger charge is -2.26. The molecule has 162 valence electrons. The van der Waals surface area contributed by atoms with E-state index in [4.69, 9.17) is 9.72 Å². The van der Waals surface area contributed by atoms with E-state index in [9.17, 15) is 14.4 Å². The number of hydrogen-bond donors (Lipinski definition) is 0. The van der Waals surface area contributed by atoms with Crippen LogP contribution in [0.3, 0.4) is 0 Å². The Morgan fingerprint density at radius 3 is 2.91 bits per heavy atom. The van der Waals surface area contributed by atoms with E-state index in [0.717, 1.165) is 0 Å². The third-order valence-electron chi connectivity index (χ3n) is 6.00. The highest BCUT2D eigenvalue weighted by Gasteiger charge is 2.28. The summed E-state index contributed by atoms with van der Waals surface area (Å²) in [6.45, 7) is 0.396. The third kappa shape index (κ3) is 2.82. The van der Waals surface area contributed by atoms with E-state index in [2.05, 4.69) is 16.0 Å². The van der Waals surface area contributed by atoms with Gasteiger partial charge in [0.2, 0.25) is 5.95 Å². The van der Waals surface area contributed by atoms with Crippen LogP contribution in [0.4, 0.5) is 4.39 Å². The molecule has 1 aliphatic rings. The summed E-state index contributed by atoms with van der Waals surface area (Å²) in [7, 11) is 1.65. The summed E-state index contributed by atoms with van der Waals surface area (Å²) in [4.78, 5) is 26.8. The molecule has 0 N–H and O–H groups in total. The van der Waals surface area contributed by atoms with Gasteiger partial charge in [-0.2, -0.15) is 10.2 Å². The Kier molecular flexibility index (Phi) is 4.07. The molecular weight excluding hydrogens is 425 g/mol. The Balaban J connectivity index is 1.59. The smallest absolute Gasteiger partial charge is 0.330 e. The first-order valence-electron chi connectivity index (χ1n) is 10.3. The van der Waals surface area contributed by atoms with Crippen molar-refractivity contribution in [3.05, 3.63) is 76.4 Å². The zero-order valence-corrected chi connectivity index (χ0v) is 17.4. The Morgan fingerprint density at radius 2 is 2.06 bits per heavy atom. The average Bonchev–Trinajstić information content (AvgIpc) is 3.36. The van der Waals surface area contributed by atoms with Gasteiger partial charge in [0.05, 0.1) is 41.5 Å². The van der Waals surface area contributed by atoms with Crippen LogP contribution in [0.25, 0.3) is 28.1 Å². The highest BCUT2D eigenvalue weighted by Crippen LogP contribution is 2.36. The van der Waals surface area contributed by atoms with Gasteiger partial charge < -0.3 is 4.74 Å². The van der Waals surface area contributed by atoms with Gasteiger partial charge in [-0.3, -0.25) is 13.7 Å². The van der Waals surface area contributed by atoms with E-state index in [1.807, 2.05) is 0 Å². The SMILES string of the molecule is Cn1c(=O)n(C2CCOc3ccc(F)cc32)c2nc(-n3cnc4ccc(C#N)cc43)ncc21. The number of nitriles is 1. The first kappa shape index (κ1) is 19.2. The van der Waals surface area contributed by atoms with Gasteiger partial charge in [0.1, 0.15) is 23.4 Å². The monoisotopic (exact) mass is 441 g/mol. The van der Waals surface area contributed by atoms with Crippen LogP contribution in [-0.2, 0) is 7.05 Å². The molecule has 0 spiro atoms. The third-order valence-corrected chi connectivity index (χ3v) is 6.00. The van der Waals surface area contributed by atoms with E-state index in [1.54, 1.807) is 53.0 Å². The normalized spacial score (nSPS) is 15.4. The average molecular weight is 441 g/mol. The van der Waals surface area contributed by atoms with Gasteiger partial charge in [-0.1, -0.05) is 0 Å². The summed E-state index contributed by atoms with van der Waals surface area (Å²) >= 11 is 0. The lowest BCUT2D eigenvalue weighted by atomic mass is 10.00. The Hall–Kier alpha value is -4.52. The topological polar surface area (TPSA) is 104 Å². The maximum Gasteiger partial charge on any atom is 0.330 e. The molecule has 4 heterocycles. The molecule has 3 aromatic heterocycles. The van der Waals surface area contributed by atoms with Crippen LogP contribution in [0.15, 0.2) is 53.7 Å². The van der Waals surface area contributed by atoms with Crippen molar-refractivity contribution in [3.8, 4) is 17.8 Å². The summed E-state index contributed by atoms with van der Waals surface area (Å²) in [5.41, 5.74) is 3.16. The van der Waals surface area contributed by atoms with Crippen LogP contribution >= 0.6 is 0 Å². The van der Waals surface area contributed by atoms with Crippen molar-refractivity contribution in [2.24, 2.45) is 7.05 Å². The van der Waals surface area contributed by atoms with Gasteiger partial charge in [-0.25, -0.2) is 19.2 Å². The van der Waals surface area contributed by atoms with Gasteiger partial charge in [-0.15, -0.1) is 0 Å². The summed E-state index contributed by atoms with van der Waals surface area (Å²) in [5.74, 6) is 0.465. The molecule has 0 aliphatic carbocycles. The van der Waals surface area contributed by atoms with Gasteiger partial charge >= 0.3 is 5.69 Å². The summed E-state index contributed by atoms with van der Waals surface area (Å²) in [6.07, 6.45) is 3.66. The van der Waals surface area contributed by atoms with E-state index >= 15 is 0 Å². The number of halogens is 1. The number of hydrogen-bond acceptors (Lipinski definition) is 6. The number of ether oxygens (including phenoxy) is 1. The lowest BCUT2D eigenvalue weighted by molar-refractivity contribution is 0.255. The molecule has 0 saturated carbocycles. The molecule has 1 unspecified atom stereocenters. The minimum absolute atomic E-state index is 0.277.